The molecular formula is C10H21NO3S. The molecule has 1 aliphatic rings. The van der Waals surface area contributed by atoms with Crippen LogP contribution >= 0.6 is 0 Å². The van der Waals surface area contributed by atoms with Crippen LogP contribution in [0.4, 0.5) is 0 Å². The largest absolute Gasteiger partial charge is 0.380 e. The standard InChI is InChI=1S/C10H21NO3S/c1-3-14-8-10(11)6-5-9(7-10)15(12,13)4-2/h9H,3-8,11H2,1-2H3/t9-,10+/m1/s1. The highest BCUT2D eigenvalue weighted by atomic mass is 32.2. The number of ether oxygens (including phenoxy) is 1. The summed E-state index contributed by atoms with van der Waals surface area (Å²) in [7, 11) is -2.93. The maximum atomic E-state index is 11.7. The smallest absolute Gasteiger partial charge is 0.152 e. The summed E-state index contributed by atoms with van der Waals surface area (Å²) in [5.41, 5.74) is 5.67. The van der Waals surface area contributed by atoms with Crippen molar-refractivity contribution in [2.24, 2.45) is 5.73 Å². The summed E-state index contributed by atoms with van der Waals surface area (Å²) in [4.78, 5) is 0. The Hall–Kier alpha value is -0.130. The third kappa shape index (κ3) is 3.16. The molecule has 0 radical (unpaired) electrons. The predicted molar refractivity (Wildman–Crippen MR) is 60.5 cm³/mol. The van der Waals surface area contributed by atoms with Crippen molar-refractivity contribution in [1.82, 2.24) is 0 Å². The maximum absolute atomic E-state index is 11.7. The van der Waals surface area contributed by atoms with Crippen molar-refractivity contribution < 1.29 is 13.2 Å². The Morgan fingerprint density at radius 1 is 1.47 bits per heavy atom. The van der Waals surface area contributed by atoms with Crippen molar-refractivity contribution in [1.29, 1.82) is 0 Å². The van der Waals surface area contributed by atoms with Gasteiger partial charge in [-0.2, -0.15) is 0 Å². The van der Waals surface area contributed by atoms with Crippen LogP contribution in [0.1, 0.15) is 33.1 Å². The van der Waals surface area contributed by atoms with Gasteiger partial charge >= 0.3 is 0 Å². The summed E-state index contributed by atoms with van der Waals surface area (Å²) in [5.74, 6) is 0.211. The van der Waals surface area contributed by atoms with Crippen LogP contribution in [0, 0.1) is 0 Å². The normalized spacial score (nSPS) is 32.1. The molecule has 0 amide bonds. The van der Waals surface area contributed by atoms with Crippen molar-refractivity contribution in [3.05, 3.63) is 0 Å². The van der Waals surface area contributed by atoms with Crippen LogP contribution in [-0.2, 0) is 14.6 Å². The van der Waals surface area contributed by atoms with Gasteiger partial charge in [0, 0.05) is 17.9 Å². The third-order valence-electron chi connectivity index (χ3n) is 3.10. The lowest BCUT2D eigenvalue weighted by molar-refractivity contribution is 0.0968. The van der Waals surface area contributed by atoms with Crippen LogP contribution in [0.3, 0.4) is 0 Å². The lowest BCUT2D eigenvalue weighted by atomic mass is 10.0. The zero-order valence-electron chi connectivity index (χ0n) is 9.53. The fraction of sp³-hybridized carbons (Fsp3) is 1.00. The fourth-order valence-corrected chi connectivity index (χ4v) is 3.62. The van der Waals surface area contributed by atoms with Crippen LogP contribution in [0.5, 0.6) is 0 Å². The maximum Gasteiger partial charge on any atom is 0.152 e. The number of rotatable bonds is 5. The Balaban J connectivity index is 2.58. The highest BCUT2D eigenvalue weighted by molar-refractivity contribution is 7.92. The molecule has 4 nitrogen and oxygen atoms in total. The van der Waals surface area contributed by atoms with E-state index in [0.29, 0.717) is 26.1 Å². The van der Waals surface area contributed by atoms with Crippen LogP contribution in [0.2, 0.25) is 0 Å². The van der Waals surface area contributed by atoms with Crippen molar-refractivity contribution >= 4 is 9.84 Å². The van der Waals surface area contributed by atoms with E-state index in [1.807, 2.05) is 6.92 Å². The second-order valence-electron chi connectivity index (χ2n) is 4.32. The van der Waals surface area contributed by atoms with E-state index in [-0.39, 0.29) is 11.0 Å². The Kier molecular flexibility index (Phi) is 4.14. The molecule has 0 heterocycles. The number of hydrogen-bond acceptors (Lipinski definition) is 4. The van der Waals surface area contributed by atoms with Gasteiger partial charge in [0.15, 0.2) is 9.84 Å². The van der Waals surface area contributed by atoms with Gasteiger partial charge in [0.05, 0.1) is 11.9 Å². The van der Waals surface area contributed by atoms with Gasteiger partial charge in [-0.25, -0.2) is 8.42 Å². The van der Waals surface area contributed by atoms with Gasteiger partial charge in [0.1, 0.15) is 0 Å². The quantitative estimate of drug-likeness (QED) is 0.762. The van der Waals surface area contributed by atoms with Crippen molar-refractivity contribution in [2.75, 3.05) is 19.0 Å². The second-order valence-corrected chi connectivity index (χ2v) is 6.89. The molecule has 1 saturated carbocycles. The number of sulfone groups is 1. The van der Waals surface area contributed by atoms with Crippen LogP contribution in [-0.4, -0.2) is 38.2 Å². The van der Waals surface area contributed by atoms with Gasteiger partial charge in [0.2, 0.25) is 0 Å². The number of hydrogen-bond donors (Lipinski definition) is 1. The molecule has 0 bridgehead atoms. The summed E-state index contributed by atoms with van der Waals surface area (Å²) in [6.07, 6.45) is 1.97. The van der Waals surface area contributed by atoms with E-state index in [1.54, 1.807) is 6.92 Å². The Labute approximate surface area is 92.1 Å². The molecular weight excluding hydrogens is 214 g/mol. The monoisotopic (exact) mass is 235 g/mol. The van der Waals surface area contributed by atoms with Crippen molar-refractivity contribution in [2.45, 2.75) is 43.9 Å². The molecule has 1 aliphatic carbocycles. The van der Waals surface area contributed by atoms with Gasteiger partial charge in [-0.1, -0.05) is 6.92 Å². The number of nitrogens with two attached hydrogens (primary N) is 1. The first-order valence-corrected chi connectivity index (χ1v) is 7.23. The van der Waals surface area contributed by atoms with Crippen LogP contribution in [0.15, 0.2) is 0 Å². The van der Waals surface area contributed by atoms with E-state index in [1.165, 1.54) is 0 Å². The molecule has 1 fully saturated rings. The lowest BCUT2D eigenvalue weighted by Crippen LogP contribution is -2.43. The molecule has 0 saturated heterocycles. The lowest BCUT2D eigenvalue weighted by Gasteiger charge is -2.23. The molecule has 0 unspecified atom stereocenters. The van der Waals surface area contributed by atoms with E-state index in [9.17, 15) is 8.42 Å². The van der Waals surface area contributed by atoms with Gasteiger partial charge in [-0.05, 0) is 26.2 Å². The first-order chi connectivity index (χ1) is 6.93. The SMILES string of the molecule is CCOC[C@]1(N)CC[C@@H](S(=O)(=O)CC)C1. The van der Waals surface area contributed by atoms with E-state index in [0.717, 1.165) is 6.42 Å². The van der Waals surface area contributed by atoms with Gasteiger partial charge in [0.25, 0.3) is 0 Å². The minimum Gasteiger partial charge on any atom is -0.380 e. The summed E-state index contributed by atoms with van der Waals surface area (Å²) in [6, 6.07) is 0. The molecule has 0 aromatic heterocycles. The Bertz CT molecular complexity index is 302. The molecule has 2 N–H and O–H groups in total. The summed E-state index contributed by atoms with van der Waals surface area (Å²) >= 11 is 0. The van der Waals surface area contributed by atoms with E-state index in [2.05, 4.69) is 0 Å². The molecule has 90 valence electrons. The summed E-state index contributed by atoms with van der Waals surface area (Å²) in [5, 5.41) is -0.257. The third-order valence-corrected chi connectivity index (χ3v) is 5.33. The molecule has 0 aromatic rings. The summed E-state index contributed by atoms with van der Waals surface area (Å²) < 4.78 is 28.6. The van der Waals surface area contributed by atoms with Crippen molar-refractivity contribution in [3.63, 3.8) is 0 Å². The second kappa shape index (κ2) is 4.80. The van der Waals surface area contributed by atoms with Crippen molar-refractivity contribution in [3.8, 4) is 0 Å². The minimum absolute atomic E-state index is 0.211. The average molecular weight is 235 g/mol. The first kappa shape index (κ1) is 12.9. The molecule has 2 atom stereocenters. The zero-order valence-corrected chi connectivity index (χ0v) is 10.3. The first-order valence-electron chi connectivity index (χ1n) is 5.52. The Morgan fingerprint density at radius 3 is 2.67 bits per heavy atom. The van der Waals surface area contributed by atoms with Gasteiger partial charge < -0.3 is 10.5 Å². The fourth-order valence-electron chi connectivity index (χ4n) is 2.08. The van der Waals surface area contributed by atoms with Gasteiger partial charge in [-0.3, -0.25) is 0 Å². The van der Waals surface area contributed by atoms with E-state index in [4.69, 9.17) is 10.5 Å². The molecule has 0 aliphatic heterocycles. The highest BCUT2D eigenvalue weighted by Gasteiger charge is 2.41. The average Bonchev–Trinajstić information content (AvgIpc) is 2.59. The van der Waals surface area contributed by atoms with Crippen LogP contribution in [0.25, 0.3) is 0 Å². The van der Waals surface area contributed by atoms with Gasteiger partial charge in [-0.15, -0.1) is 0 Å². The van der Waals surface area contributed by atoms with E-state index < -0.39 is 15.4 Å². The zero-order chi connectivity index (χ0) is 11.5. The minimum atomic E-state index is -2.93. The van der Waals surface area contributed by atoms with E-state index >= 15 is 0 Å². The molecule has 0 aromatic carbocycles. The van der Waals surface area contributed by atoms with Crippen LogP contribution < -0.4 is 5.73 Å². The Morgan fingerprint density at radius 2 is 2.13 bits per heavy atom. The highest BCUT2D eigenvalue weighted by Crippen LogP contribution is 2.32. The molecule has 5 heteroatoms. The molecule has 15 heavy (non-hydrogen) atoms. The molecule has 1 rings (SSSR count). The summed E-state index contributed by atoms with van der Waals surface area (Å²) in [6.45, 7) is 4.70. The topological polar surface area (TPSA) is 69.4 Å². The molecule has 0 spiro atoms. The predicted octanol–water partition coefficient (Wildman–Crippen LogP) is 0.708.